The number of nitrogens with zero attached hydrogens (tertiary/aromatic N) is 2. The van der Waals surface area contributed by atoms with Crippen molar-refractivity contribution in [3.05, 3.63) is 23.8 Å². The molecule has 0 aliphatic heterocycles. The summed E-state index contributed by atoms with van der Waals surface area (Å²) in [5, 5.41) is 5.81. The molecule has 0 atom stereocenters. The van der Waals surface area contributed by atoms with Gasteiger partial charge in [-0.05, 0) is 13.3 Å². The Morgan fingerprint density at radius 2 is 2.22 bits per heavy atom. The molecule has 6 nitrogen and oxygen atoms in total. The van der Waals surface area contributed by atoms with E-state index in [1.54, 1.807) is 19.5 Å². The van der Waals surface area contributed by atoms with Crippen LogP contribution in [0.25, 0.3) is 0 Å². The van der Waals surface area contributed by atoms with E-state index in [9.17, 15) is 4.79 Å². The maximum absolute atomic E-state index is 11.4. The summed E-state index contributed by atoms with van der Waals surface area (Å²) in [6, 6.07) is 0. The average molecular weight is 252 g/mol. The fraction of sp³-hybridized carbons (Fsp3) is 0.583. The van der Waals surface area contributed by atoms with Crippen LogP contribution >= 0.6 is 0 Å². The summed E-state index contributed by atoms with van der Waals surface area (Å²) in [7, 11) is 1.64. The lowest BCUT2D eigenvalue weighted by molar-refractivity contribution is -0.120. The van der Waals surface area contributed by atoms with Gasteiger partial charge in [-0.3, -0.25) is 14.8 Å². The van der Waals surface area contributed by atoms with Crippen molar-refractivity contribution in [3.63, 3.8) is 0 Å². The second-order valence-electron chi connectivity index (χ2n) is 3.95. The second kappa shape index (κ2) is 8.54. The molecule has 0 spiro atoms. The molecule has 100 valence electrons. The van der Waals surface area contributed by atoms with Crippen molar-refractivity contribution in [1.82, 2.24) is 20.6 Å². The zero-order chi connectivity index (χ0) is 13.2. The van der Waals surface area contributed by atoms with Gasteiger partial charge in [-0.15, -0.1) is 0 Å². The predicted octanol–water partition coefficient (Wildman–Crippen LogP) is 0.0273. The summed E-state index contributed by atoms with van der Waals surface area (Å²) in [6.45, 7) is 4.00. The van der Waals surface area contributed by atoms with Gasteiger partial charge in [0.1, 0.15) is 0 Å². The van der Waals surface area contributed by atoms with E-state index in [0.717, 1.165) is 17.8 Å². The highest BCUT2D eigenvalue weighted by molar-refractivity contribution is 5.77. The lowest BCUT2D eigenvalue weighted by Crippen LogP contribution is -2.34. The van der Waals surface area contributed by atoms with Crippen LogP contribution in [0.15, 0.2) is 12.4 Å². The molecule has 0 aliphatic carbocycles. The Kier molecular flexibility index (Phi) is 6.90. The molecule has 0 saturated carbocycles. The van der Waals surface area contributed by atoms with Gasteiger partial charge in [-0.25, -0.2) is 0 Å². The molecule has 0 aliphatic rings. The van der Waals surface area contributed by atoms with Gasteiger partial charge in [0.05, 0.1) is 17.9 Å². The van der Waals surface area contributed by atoms with Gasteiger partial charge in [-0.2, -0.15) is 0 Å². The van der Waals surface area contributed by atoms with Gasteiger partial charge in [0.25, 0.3) is 0 Å². The van der Waals surface area contributed by atoms with Crippen LogP contribution < -0.4 is 10.6 Å². The maximum Gasteiger partial charge on any atom is 0.233 e. The van der Waals surface area contributed by atoms with Crippen LogP contribution in [-0.2, 0) is 16.1 Å². The highest BCUT2D eigenvalue weighted by Crippen LogP contribution is 1.92. The Morgan fingerprint density at radius 3 is 2.89 bits per heavy atom. The van der Waals surface area contributed by atoms with Crippen LogP contribution in [0.4, 0.5) is 0 Å². The molecule has 0 bridgehead atoms. The van der Waals surface area contributed by atoms with Crippen molar-refractivity contribution < 1.29 is 9.53 Å². The number of aryl methyl sites for hydroxylation is 1. The molecule has 18 heavy (non-hydrogen) atoms. The molecule has 0 radical (unpaired) electrons. The largest absolute Gasteiger partial charge is 0.385 e. The van der Waals surface area contributed by atoms with Crippen molar-refractivity contribution in [3.8, 4) is 0 Å². The zero-order valence-corrected chi connectivity index (χ0v) is 10.9. The summed E-state index contributed by atoms with van der Waals surface area (Å²) in [6.07, 6.45) is 4.24. The van der Waals surface area contributed by atoms with Crippen molar-refractivity contribution in [1.29, 1.82) is 0 Å². The van der Waals surface area contributed by atoms with E-state index in [2.05, 4.69) is 20.6 Å². The van der Waals surface area contributed by atoms with Crippen molar-refractivity contribution in [2.45, 2.75) is 19.9 Å². The number of carbonyl (C=O) groups is 1. The Hall–Kier alpha value is -1.53. The average Bonchev–Trinajstić information content (AvgIpc) is 2.37. The number of nitrogens with one attached hydrogen (secondary N) is 2. The van der Waals surface area contributed by atoms with Crippen LogP contribution in [0.1, 0.15) is 17.8 Å². The Morgan fingerprint density at radius 1 is 1.39 bits per heavy atom. The van der Waals surface area contributed by atoms with Crippen LogP contribution in [-0.4, -0.2) is 42.7 Å². The third-order valence-electron chi connectivity index (χ3n) is 2.27. The van der Waals surface area contributed by atoms with E-state index >= 15 is 0 Å². The van der Waals surface area contributed by atoms with E-state index < -0.39 is 0 Å². The number of methoxy groups -OCH3 is 1. The molecular formula is C12H20N4O2. The summed E-state index contributed by atoms with van der Waals surface area (Å²) < 4.78 is 4.89. The number of hydrogen-bond donors (Lipinski definition) is 2. The first-order valence-corrected chi connectivity index (χ1v) is 5.96. The third-order valence-corrected chi connectivity index (χ3v) is 2.27. The van der Waals surface area contributed by atoms with Crippen LogP contribution in [0.2, 0.25) is 0 Å². The van der Waals surface area contributed by atoms with Gasteiger partial charge >= 0.3 is 0 Å². The Bertz CT molecular complexity index is 354. The molecular weight excluding hydrogens is 232 g/mol. The van der Waals surface area contributed by atoms with Gasteiger partial charge < -0.3 is 15.4 Å². The number of rotatable bonds is 8. The van der Waals surface area contributed by atoms with Crippen LogP contribution in [0.5, 0.6) is 0 Å². The van der Waals surface area contributed by atoms with Crippen molar-refractivity contribution >= 4 is 5.91 Å². The van der Waals surface area contributed by atoms with E-state index in [1.165, 1.54) is 0 Å². The molecule has 0 aromatic carbocycles. The fourth-order valence-electron chi connectivity index (χ4n) is 1.32. The predicted molar refractivity (Wildman–Crippen MR) is 68.0 cm³/mol. The van der Waals surface area contributed by atoms with Crippen molar-refractivity contribution in [2.75, 3.05) is 26.8 Å². The third kappa shape index (κ3) is 6.27. The molecule has 6 heteroatoms. The van der Waals surface area contributed by atoms with Gasteiger partial charge in [0.2, 0.25) is 5.91 Å². The topological polar surface area (TPSA) is 76.1 Å². The number of amides is 1. The second-order valence-corrected chi connectivity index (χ2v) is 3.95. The number of aromatic nitrogens is 2. The number of carbonyl (C=O) groups excluding carboxylic acids is 1. The summed E-state index contributed by atoms with van der Waals surface area (Å²) in [5.74, 6) is -0.0221. The molecule has 1 heterocycles. The molecule has 0 saturated heterocycles. The molecule has 1 rings (SSSR count). The highest BCUT2D eigenvalue weighted by atomic mass is 16.5. The first-order valence-electron chi connectivity index (χ1n) is 5.96. The molecule has 0 unspecified atom stereocenters. The van der Waals surface area contributed by atoms with Gasteiger partial charge in [0.15, 0.2) is 0 Å². The van der Waals surface area contributed by atoms with Crippen LogP contribution in [0.3, 0.4) is 0 Å². The smallest absolute Gasteiger partial charge is 0.233 e. The highest BCUT2D eigenvalue weighted by Gasteiger charge is 2.00. The number of ether oxygens (including phenoxy) is 1. The van der Waals surface area contributed by atoms with E-state index in [4.69, 9.17) is 4.74 Å². The normalized spacial score (nSPS) is 10.3. The lowest BCUT2D eigenvalue weighted by Gasteiger charge is -2.06. The summed E-state index contributed by atoms with van der Waals surface area (Å²) in [5.41, 5.74) is 1.71. The standard InChI is InChI=1S/C12H20N4O2/c1-10-6-16-11(8-15-10)7-13-9-12(17)14-4-3-5-18-2/h6,8,13H,3-5,7,9H2,1-2H3,(H,14,17). The molecule has 1 aromatic rings. The minimum Gasteiger partial charge on any atom is -0.385 e. The fourth-order valence-corrected chi connectivity index (χ4v) is 1.32. The van der Waals surface area contributed by atoms with E-state index in [0.29, 0.717) is 19.7 Å². The first kappa shape index (κ1) is 14.5. The van der Waals surface area contributed by atoms with Crippen molar-refractivity contribution in [2.24, 2.45) is 0 Å². The minimum atomic E-state index is -0.0221. The molecule has 2 N–H and O–H groups in total. The quantitative estimate of drug-likeness (QED) is 0.638. The van der Waals surface area contributed by atoms with E-state index in [-0.39, 0.29) is 12.5 Å². The zero-order valence-electron chi connectivity index (χ0n) is 10.9. The SMILES string of the molecule is COCCCNC(=O)CNCc1cnc(C)cn1. The van der Waals surface area contributed by atoms with Gasteiger partial charge in [-0.1, -0.05) is 0 Å². The monoisotopic (exact) mass is 252 g/mol. The lowest BCUT2D eigenvalue weighted by atomic mass is 10.4. The molecule has 0 fully saturated rings. The van der Waals surface area contributed by atoms with Crippen LogP contribution in [0, 0.1) is 6.92 Å². The first-order chi connectivity index (χ1) is 8.72. The summed E-state index contributed by atoms with van der Waals surface area (Å²) >= 11 is 0. The van der Waals surface area contributed by atoms with Gasteiger partial charge in [0, 0.05) is 39.2 Å². The molecule has 1 aromatic heterocycles. The minimum absolute atomic E-state index is 0.0221. The Balaban J connectivity index is 2.10. The molecule has 1 amide bonds. The Labute approximate surface area is 107 Å². The van der Waals surface area contributed by atoms with E-state index in [1.807, 2.05) is 6.92 Å². The number of hydrogen-bond acceptors (Lipinski definition) is 5. The maximum atomic E-state index is 11.4. The summed E-state index contributed by atoms with van der Waals surface area (Å²) in [4.78, 5) is 19.7.